The van der Waals surface area contributed by atoms with E-state index in [2.05, 4.69) is 81.7 Å². The number of hydrogen-bond acceptors (Lipinski definition) is 4. The normalized spacial score (nSPS) is 43.9. The first-order valence-electron chi connectivity index (χ1n) is 19.1. The van der Waals surface area contributed by atoms with Crippen LogP contribution < -0.4 is 5.73 Å². The Morgan fingerprint density at radius 3 is 2.09 bits per heavy atom. The van der Waals surface area contributed by atoms with Crippen molar-refractivity contribution in [1.82, 2.24) is 0 Å². The van der Waals surface area contributed by atoms with Crippen molar-refractivity contribution < 1.29 is 14.9 Å². The van der Waals surface area contributed by atoms with Gasteiger partial charge in [0.05, 0.1) is 17.3 Å². The second kappa shape index (κ2) is 12.0. The monoisotopic (exact) mass is 650 g/mol. The SMILES string of the molecule is C=C(O)CCC[C@]12CC[C@@H](C(=C)C)[C@@H]1C1(N)CC[C@@H]3[C@@]4(C)CC[C@H](OC(=C)CC(C)(C)CC(=C)O)C(C)(C)[C@@H]4CC[C@@]3(C)[C@]1(C)CC2. The Balaban J connectivity index is 1.41. The molecule has 5 aliphatic rings. The first kappa shape index (κ1) is 36.6. The fourth-order valence-electron chi connectivity index (χ4n) is 14.1. The summed E-state index contributed by atoms with van der Waals surface area (Å²) in [6, 6.07) is 0. The largest absolute Gasteiger partial charge is 0.513 e. The molecule has 0 aromatic rings. The predicted octanol–water partition coefficient (Wildman–Crippen LogP) is 11.7. The van der Waals surface area contributed by atoms with Crippen molar-refractivity contribution in [1.29, 1.82) is 0 Å². The van der Waals surface area contributed by atoms with E-state index in [1.54, 1.807) is 0 Å². The molecule has 0 spiro atoms. The Hall–Kier alpha value is -1.68. The fourth-order valence-corrected chi connectivity index (χ4v) is 14.1. The predicted molar refractivity (Wildman–Crippen MR) is 197 cm³/mol. The van der Waals surface area contributed by atoms with Gasteiger partial charge in [-0.2, -0.15) is 0 Å². The minimum absolute atomic E-state index is 0.0368. The third kappa shape index (κ3) is 5.67. The van der Waals surface area contributed by atoms with Crippen LogP contribution in [-0.4, -0.2) is 21.9 Å². The number of hydrogen-bond donors (Lipinski definition) is 3. The second-order valence-corrected chi connectivity index (χ2v) is 19.8. The standard InChI is InChI=1S/C43H71NO3/c1-28(2)32-15-22-42(19-13-14-29(3)45)25-24-41(12)40(11)21-16-33-38(8,9)35(47-31(5)27-37(6,7)26-30(4)46)18-20-39(33,10)34(40)17-23-43(41,44)36(32)42/h32-36,45-46H,1,3-5,13-27,44H2,2,6-12H3/t32-,33-,34+,35-,36-,39-,40+,41-,42+,43?/m0/s1. The van der Waals surface area contributed by atoms with Crippen molar-refractivity contribution in [3.8, 4) is 0 Å². The Labute approximate surface area is 288 Å². The van der Waals surface area contributed by atoms with Crippen LogP contribution in [0.25, 0.3) is 0 Å². The molecule has 0 bridgehead atoms. The van der Waals surface area contributed by atoms with Crippen LogP contribution in [0.4, 0.5) is 0 Å². The molecule has 1 unspecified atom stereocenters. The Morgan fingerprint density at radius 1 is 0.809 bits per heavy atom. The molecule has 0 aromatic carbocycles. The van der Waals surface area contributed by atoms with E-state index in [1.807, 2.05) is 0 Å². The molecule has 5 rings (SSSR count). The molecule has 10 atom stereocenters. The summed E-state index contributed by atoms with van der Waals surface area (Å²) >= 11 is 0. The van der Waals surface area contributed by atoms with Gasteiger partial charge < -0.3 is 20.7 Å². The number of fused-ring (bicyclic) bond motifs is 7. The van der Waals surface area contributed by atoms with Crippen LogP contribution in [0.2, 0.25) is 0 Å². The molecule has 4 N–H and O–H groups in total. The van der Waals surface area contributed by atoms with E-state index >= 15 is 0 Å². The van der Waals surface area contributed by atoms with E-state index in [-0.39, 0.29) is 49.9 Å². The molecule has 5 aliphatic carbocycles. The molecular weight excluding hydrogens is 578 g/mol. The molecule has 0 amide bonds. The van der Waals surface area contributed by atoms with Crippen molar-refractivity contribution in [3.05, 3.63) is 49.2 Å². The number of aliphatic hydroxyl groups excluding tert-OH is 2. The molecule has 0 aromatic heterocycles. The number of rotatable bonds is 11. The van der Waals surface area contributed by atoms with Crippen molar-refractivity contribution >= 4 is 0 Å². The second-order valence-electron chi connectivity index (χ2n) is 19.8. The van der Waals surface area contributed by atoms with Crippen LogP contribution in [0.5, 0.6) is 0 Å². The van der Waals surface area contributed by atoms with Gasteiger partial charge in [-0.25, -0.2) is 0 Å². The van der Waals surface area contributed by atoms with Gasteiger partial charge in [0.2, 0.25) is 0 Å². The Bertz CT molecular complexity index is 1280. The maximum absolute atomic E-state index is 9.93. The third-order valence-electron chi connectivity index (χ3n) is 16.3. The molecular formula is C43H71NO3. The van der Waals surface area contributed by atoms with Gasteiger partial charge in [-0.05, 0) is 135 Å². The molecule has 266 valence electrons. The highest BCUT2D eigenvalue weighted by Crippen LogP contribution is 2.78. The summed E-state index contributed by atoms with van der Waals surface area (Å²) in [6.07, 6.45) is 16.2. The number of allylic oxidation sites excluding steroid dienone is 4. The summed E-state index contributed by atoms with van der Waals surface area (Å²) in [6.45, 7) is 35.9. The molecule has 4 heteroatoms. The van der Waals surface area contributed by atoms with Crippen LogP contribution in [0.3, 0.4) is 0 Å². The zero-order chi connectivity index (χ0) is 35.0. The average molecular weight is 650 g/mol. The highest BCUT2D eigenvalue weighted by molar-refractivity contribution is 5.28. The summed E-state index contributed by atoms with van der Waals surface area (Å²) in [4.78, 5) is 0. The van der Waals surface area contributed by atoms with E-state index in [0.29, 0.717) is 42.3 Å². The molecule has 4 nitrogen and oxygen atoms in total. The van der Waals surface area contributed by atoms with Gasteiger partial charge in [0.15, 0.2) is 0 Å². The number of aliphatic hydroxyl groups is 2. The average Bonchev–Trinajstić information content (AvgIpc) is 3.32. The minimum atomic E-state index is -0.212. The first-order chi connectivity index (χ1) is 21.6. The lowest BCUT2D eigenvalue weighted by Crippen LogP contribution is -2.76. The van der Waals surface area contributed by atoms with E-state index in [9.17, 15) is 10.2 Å². The lowest BCUT2D eigenvalue weighted by atomic mass is 9.30. The molecule has 47 heavy (non-hydrogen) atoms. The van der Waals surface area contributed by atoms with Crippen LogP contribution in [0, 0.1) is 56.2 Å². The van der Waals surface area contributed by atoms with Crippen LogP contribution in [0.15, 0.2) is 49.2 Å². The summed E-state index contributed by atoms with van der Waals surface area (Å²) in [5.41, 5.74) is 9.84. The van der Waals surface area contributed by atoms with Crippen molar-refractivity contribution in [2.45, 2.75) is 163 Å². The number of nitrogens with two attached hydrogens (primary N) is 1. The lowest BCUT2D eigenvalue weighted by Gasteiger charge is -2.76. The highest BCUT2D eigenvalue weighted by Gasteiger charge is 2.75. The van der Waals surface area contributed by atoms with E-state index < -0.39 is 0 Å². The van der Waals surface area contributed by atoms with Gasteiger partial charge in [0, 0.05) is 30.2 Å². The van der Waals surface area contributed by atoms with Gasteiger partial charge in [0.1, 0.15) is 6.10 Å². The van der Waals surface area contributed by atoms with Gasteiger partial charge >= 0.3 is 0 Å². The van der Waals surface area contributed by atoms with Gasteiger partial charge in [-0.15, -0.1) is 0 Å². The van der Waals surface area contributed by atoms with E-state index in [4.69, 9.17) is 10.5 Å². The lowest BCUT2D eigenvalue weighted by molar-refractivity contribution is -0.255. The highest BCUT2D eigenvalue weighted by atomic mass is 16.5. The summed E-state index contributed by atoms with van der Waals surface area (Å²) in [7, 11) is 0. The topological polar surface area (TPSA) is 75.7 Å². The van der Waals surface area contributed by atoms with Crippen molar-refractivity contribution in [2.75, 3.05) is 0 Å². The van der Waals surface area contributed by atoms with Crippen LogP contribution >= 0.6 is 0 Å². The molecule has 5 fully saturated rings. The van der Waals surface area contributed by atoms with E-state index in [1.165, 1.54) is 56.9 Å². The molecule has 5 saturated carbocycles. The smallest absolute Gasteiger partial charge is 0.104 e. The first-order valence-corrected chi connectivity index (χ1v) is 19.1. The summed E-state index contributed by atoms with van der Waals surface area (Å²) < 4.78 is 6.79. The number of ether oxygens (including phenoxy) is 1. The zero-order valence-corrected chi connectivity index (χ0v) is 31.7. The van der Waals surface area contributed by atoms with Gasteiger partial charge in [-0.3, -0.25) is 0 Å². The molecule has 0 heterocycles. The molecule has 0 aliphatic heterocycles. The quantitative estimate of drug-likeness (QED) is 0.154. The van der Waals surface area contributed by atoms with Crippen LogP contribution in [0.1, 0.15) is 152 Å². The van der Waals surface area contributed by atoms with Crippen molar-refractivity contribution in [2.24, 2.45) is 61.9 Å². The minimum Gasteiger partial charge on any atom is -0.513 e. The summed E-state index contributed by atoms with van der Waals surface area (Å²) in [5.74, 6) is 3.56. The van der Waals surface area contributed by atoms with Gasteiger partial charge in [0.25, 0.3) is 0 Å². The molecule has 0 radical (unpaired) electrons. The fraction of sp³-hybridized carbons (Fsp3) is 0.814. The van der Waals surface area contributed by atoms with Gasteiger partial charge in [-0.1, -0.05) is 80.4 Å². The summed E-state index contributed by atoms with van der Waals surface area (Å²) in [5, 5.41) is 19.8. The maximum atomic E-state index is 9.93. The Morgan fingerprint density at radius 2 is 1.47 bits per heavy atom. The zero-order valence-electron chi connectivity index (χ0n) is 31.7. The Kier molecular flexibility index (Phi) is 9.33. The molecule has 0 saturated heterocycles. The maximum Gasteiger partial charge on any atom is 0.104 e. The third-order valence-corrected chi connectivity index (χ3v) is 16.3. The van der Waals surface area contributed by atoms with Crippen molar-refractivity contribution in [3.63, 3.8) is 0 Å². The van der Waals surface area contributed by atoms with Crippen LogP contribution in [-0.2, 0) is 4.74 Å². The van der Waals surface area contributed by atoms with E-state index in [0.717, 1.165) is 37.9 Å².